The molecular weight excluding hydrogens is 536 g/mol. The summed E-state index contributed by atoms with van der Waals surface area (Å²) in [5.41, 5.74) is 4.07. The Hall–Kier alpha value is -1.99. The largest absolute Gasteiger partial charge is 0.321 e. The van der Waals surface area contributed by atoms with Crippen molar-refractivity contribution in [1.82, 2.24) is 0 Å². The summed E-state index contributed by atoms with van der Waals surface area (Å²) in [6.45, 7) is 4.13. The second-order valence-electron chi connectivity index (χ2n) is 8.39. The zero-order valence-corrected chi connectivity index (χ0v) is 21.3. The van der Waals surface area contributed by atoms with Crippen molar-refractivity contribution in [3.8, 4) is 0 Å². The van der Waals surface area contributed by atoms with E-state index in [1.54, 1.807) is 24.3 Å². The second-order valence-corrected chi connectivity index (χ2v) is 10.7. The summed E-state index contributed by atoms with van der Waals surface area (Å²) in [6.07, 6.45) is 2.93. The summed E-state index contributed by atoms with van der Waals surface area (Å²) in [4.78, 5) is 40.5. The van der Waals surface area contributed by atoms with Crippen LogP contribution in [0.1, 0.15) is 48.2 Å². The number of nitrogens with one attached hydrogen (secondary N) is 1. The average Bonchev–Trinajstić information content (AvgIpc) is 3.03. The number of benzene rings is 2. The highest BCUT2D eigenvalue weighted by atomic mass is 79.9. The number of rotatable bonds is 5. The topological polar surface area (TPSA) is 66.5 Å². The third-order valence-corrected chi connectivity index (χ3v) is 9.27. The fraction of sp³-hybridized carbons (Fsp3) is 0.400. The Bertz CT molecular complexity index is 1000. The molecule has 0 bridgehead atoms. The third-order valence-electron chi connectivity index (χ3n) is 6.54. The first-order valence-corrected chi connectivity index (χ1v) is 12.9. The molecule has 168 valence electrons. The smallest absolute Gasteiger partial charge is 0.255 e. The van der Waals surface area contributed by atoms with E-state index in [9.17, 15) is 14.4 Å². The van der Waals surface area contributed by atoms with Gasteiger partial charge in [-0.2, -0.15) is 0 Å². The van der Waals surface area contributed by atoms with Crippen molar-refractivity contribution in [1.29, 1.82) is 0 Å². The molecule has 1 saturated carbocycles. The lowest BCUT2D eigenvalue weighted by Crippen LogP contribution is -2.34. The van der Waals surface area contributed by atoms with Gasteiger partial charge in [-0.1, -0.05) is 63.9 Å². The number of fused-ring (bicyclic) bond motifs is 1. The predicted molar refractivity (Wildman–Crippen MR) is 134 cm³/mol. The quantitative estimate of drug-likeness (QED) is 0.388. The number of imide groups is 1. The number of hydrogen-bond acceptors (Lipinski definition) is 3. The molecule has 1 saturated heterocycles. The van der Waals surface area contributed by atoms with Crippen molar-refractivity contribution in [3.05, 3.63) is 59.2 Å². The molecule has 0 radical (unpaired) electrons. The molecule has 2 fully saturated rings. The van der Waals surface area contributed by atoms with E-state index >= 15 is 0 Å². The van der Waals surface area contributed by atoms with Crippen LogP contribution < -0.4 is 10.2 Å². The van der Waals surface area contributed by atoms with Crippen molar-refractivity contribution >= 4 is 61.0 Å². The van der Waals surface area contributed by atoms with Crippen molar-refractivity contribution in [2.45, 2.75) is 49.2 Å². The minimum atomic E-state index is -0.290. The van der Waals surface area contributed by atoms with E-state index in [1.165, 1.54) is 4.90 Å². The lowest BCUT2D eigenvalue weighted by molar-refractivity contribution is -0.122. The fourth-order valence-electron chi connectivity index (χ4n) is 4.70. The number of halogens is 2. The van der Waals surface area contributed by atoms with E-state index in [2.05, 4.69) is 51.0 Å². The molecule has 0 aromatic heterocycles. The Labute approximate surface area is 205 Å². The summed E-state index contributed by atoms with van der Waals surface area (Å²) in [7, 11) is 0. The van der Waals surface area contributed by atoms with Crippen LogP contribution in [0.3, 0.4) is 0 Å². The molecule has 2 aromatic rings. The first-order chi connectivity index (χ1) is 15.3. The van der Waals surface area contributed by atoms with E-state index < -0.39 is 0 Å². The SMILES string of the molecule is CCc1cccc(CC)c1NC(=O)c1ccc(N2C(=O)[C@H]3C[C@@H](Br)[C@@H](Br)C[C@H]3C2=O)cc1. The lowest BCUT2D eigenvalue weighted by Gasteiger charge is -2.29. The maximum Gasteiger partial charge on any atom is 0.255 e. The van der Waals surface area contributed by atoms with Gasteiger partial charge in [0.05, 0.1) is 17.5 Å². The van der Waals surface area contributed by atoms with Gasteiger partial charge in [-0.25, -0.2) is 0 Å². The van der Waals surface area contributed by atoms with Crippen LogP contribution in [0.2, 0.25) is 0 Å². The van der Waals surface area contributed by atoms with E-state index in [-0.39, 0.29) is 39.2 Å². The maximum absolute atomic E-state index is 13.0. The van der Waals surface area contributed by atoms with Crippen LogP contribution >= 0.6 is 31.9 Å². The maximum atomic E-state index is 13.0. The molecule has 5 nitrogen and oxygen atoms in total. The minimum absolute atomic E-state index is 0.148. The zero-order chi connectivity index (χ0) is 23.0. The minimum Gasteiger partial charge on any atom is -0.321 e. The third kappa shape index (κ3) is 4.17. The average molecular weight is 562 g/mol. The van der Waals surface area contributed by atoms with Crippen LogP contribution in [0.4, 0.5) is 11.4 Å². The summed E-state index contributed by atoms with van der Waals surface area (Å²) in [5, 5.41) is 3.06. The Morgan fingerprint density at radius 2 is 1.41 bits per heavy atom. The molecule has 0 unspecified atom stereocenters. The highest BCUT2D eigenvalue weighted by Gasteiger charge is 2.52. The van der Waals surface area contributed by atoms with Crippen LogP contribution in [0.15, 0.2) is 42.5 Å². The van der Waals surface area contributed by atoms with Crippen LogP contribution in [0.25, 0.3) is 0 Å². The van der Waals surface area contributed by atoms with Gasteiger partial charge in [-0.15, -0.1) is 0 Å². The van der Waals surface area contributed by atoms with Gasteiger partial charge in [0.1, 0.15) is 0 Å². The molecule has 4 rings (SSSR count). The molecule has 4 atom stereocenters. The Morgan fingerprint density at radius 1 is 0.906 bits per heavy atom. The summed E-state index contributed by atoms with van der Waals surface area (Å²) >= 11 is 7.23. The van der Waals surface area contributed by atoms with Crippen LogP contribution in [-0.2, 0) is 22.4 Å². The van der Waals surface area contributed by atoms with Gasteiger partial charge < -0.3 is 5.32 Å². The summed E-state index contributed by atoms with van der Waals surface area (Å²) in [6, 6.07) is 12.8. The number of para-hydroxylation sites is 1. The molecule has 1 aliphatic heterocycles. The van der Waals surface area contributed by atoms with E-state index in [1.807, 2.05) is 18.2 Å². The second kappa shape index (κ2) is 9.48. The number of alkyl halides is 2. The highest BCUT2D eigenvalue weighted by molar-refractivity contribution is 9.12. The number of hydrogen-bond donors (Lipinski definition) is 1. The van der Waals surface area contributed by atoms with Gasteiger partial charge in [0.2, 0.25) is 11.8 Å². The normalized spacial score (nSPS) is 25.1. The molecule has 0 spiro atoms. The van der Waals surface area contributed by atoms with E-state index in [0.717, 1.165) is 29.7 Å². The van der Waals surface area contributed by atoms with Crippen molar-refractivity contribution in [2.24, 2.45) is 11.8 Å². The molecule has 32 heavy (non-hydrogen) atoms. The number of aryl methyl sites for hydroxylation is 2. The van der Waals surface area contributed by atoms with Gasteiger partial charge in [0.25, 0.3) is 5.91 Å². The van der Waals surface area contributed by atoms with E-state index in [4.69, 9.17) is 0 Å². The van der Waals surface area contributed by atoms with Crippen LogP contribution in [0, 0.1) is 11.8 Å². The van der Waals surface area contributed by atoms with Crippen LogP contribution in [-0.4, -0.2) is 27.4 Å². The van der Waals surface area contributed by atoms with Crippen molar-refractivity contribution < 1.29 is 14.4 Å². The standard InChI is InChI=1S/C25H26Br2N2O3/c1-3-14-6-5-7-15(4-2)22(14)28-23(30)16-8-10-17(11-9-16)29-24(31)18-12-20(26)21(27)13-19(18)25(29)32/h5-11,18-21H,3-4,12-13H2,1-2H3,(H,28,30)/t18-,19+,20+,21-. The molecule has 1 aliphatic carbocycles. The molecule has 1 heterocycles. The van der Waals surface area contributed by atoms with Gasteiger partial charge >= 0.3 is 0 Å². The van der Waals surface area contributed by atoms with Crippen LogP contribution in [0.5, 0.6) is 0 Å². The fourth-order valence-corrected chi connectivity index (χ4v) is 5.94. The zero-order valence-electron chi connectivity index (χ0n) is 18.1. The number of carbonyl (C=O) groups excluding carboxylic acids is 3. The van der Waals surface area contributed by atoms with Crippen molar-refractivity contribution in [2.75, 3.05) is 10.2 Å². The number of carbonyl (C=O) groups is 3. The molecule has 2 aromatic carbocycles. The Balaban J connectivity index is 1.53. The number of nitrogens with zero attached hydrogens (tertiary/aromatic N) is 1. The molecule has 2 aliphatic rings. The number of anilines is 2. The first kappa shape index (κ1) is 23.2. The number of amides is 3. The predicted octanol–water partition coefficient (Wildman–Crippen LogP) is 5.49. The lowest BCUT2D eigenvalue weighted by atomic mass is 9.81. The molecule has 1 N–H and O–H groups in total. The summed E-state index contributed by atoms with van der Waals surface area (Å²) in [5.74, 6) is -1.08. The molecular formula is C25H26Br2N2O3. The summed E-state index contributed by atoms with van der Waals surface area (Å²) < 4.78 is 0. The van der Waals surface area contributed by atoms with Crippen molar-refractivity contribution in [3.63, 3.8) is 0 Å². The Morgan fingerprint density at radius 3 is 1.88 bits per heavy atom. The van der Waals surface area contributed by atoms with Gasteiger partial charge in [-0.05, 0) is 61.1 Å². The van der Waals surface area contributed by atoms with Gasteiger partial charge in [0, 0.05) is 20.9 Å². The Kier molecular flexibility index (Phi) is 6.86. The van der Waals surface area contributed by atoms with E-state index in [0.29, 0.717) is 24.1 Å². The first-order valence-electron chi connectivity index (χ1n) is 11.0. The monoisotopic (exact) mass is 560 g/mol. The van der Waals surface area contributed by atoms with Gasteiger partial charge in [-0.3, -0.25) is 19.3 Å². The van der Waals surface area contributed by atoms with Gasteiger partial charge in [0.15, 0.2) is 0 Å². The highest BCUT2D eigenvalue weighted by Crippen LogP contribution is 2.44. The molecule has 7 heteroatoms. The molecule has 3 amide bonds.